The van der Waals surface area contributed by atoms with Crippen LogP contribution in [0.5, 0.6) is 11.5 Å². The Bertz CT molecular complexity index is 911. The molecule has 2 atom stereocenters. The molecule has 134 valence electrons. The van der Waals surface area contributed by atoms with Gasteiger partial charge in [0.2, 0.25) is 0 Å². The standard InChI is InChI=1S/C20H18ClNO4/c1-22-18(16-10-12(21)4-8-17(16)26-20(22)24)15-6-3-11-9-13(25-2)5-7-14(11)19(15)23/h4-5,7-10,15,18H,3,6H2,1-2H3. The fraction of sp³-hybridized carbons (Fsp3) is 0.300. The summed E-state index contributed by atoms with van der Waals surface area (Å²) in [7, 11) is 3.27. The molecule has 1 amide bonds. The number of aryl methyl sites for hydroxylation is 1. The van der Waals surface area contributed by atoms with Crippen LogP contribution in [-0.2, 0) is 6.42 Å². The van der Waals surface area contributed by atoms with Crippen molar-refractivity contribution in [2.45, 2.75) is 18.9 Å². The van der Waals surface area contributed by atoms with Crippen LogP contribution >= 0.6 is 11.6 Å². The molecule has 2 aromatic carbocycles. The zero-order valence-electron chi connectivity index (χ0n) is 14.5. The first-order valence-electron chi connectivity index (χ1n) is 8.45. The summed E-state index contributed by atoms with van der Waals surface area (Å²) < 4.78 is 10.6. The number of hydrogen-bond donors (Lipinski definition) is 0. The third kappa shape index (κ3) is 2.63. The second-order valence-corrected chi connectivity index (χ2v) is 7.07. The van der Waals surface area contributed by atoms with Crippen LogP contribution in [0.25, 0.3) is 0 Å². The predicted octanol–water partition coefficient (Wildman–Crippen LogP) is 4.28. The molecule has 1 aliphatic carbocycles. The smallest absolute Gasteiger partial charge is 0.415 e. The number of methoxy groups -OCH3 is 1. The molecule has 2 aliphatic rings. The van der Waals surface area contributed by atoms with Gasteiger partial charge in [0, 0.05) is 29.1 Å². The van der Waals surface area contributed by atoms with Gasteiger partial charge in [-0.15, -0.1) is 0 Å². The largest absolute Gasteiger partial charge is 0.497 e. The fourth-order valence-electron chi connectivity index (χ4n) is 3.91. The highest BCUT2D eigenvalue weighted by atomic mass is 35.5. The molecule has 0 saturated carbocycles. The summed E-state index contributed by atoms with van der Waals surface area (Å²) in [4.78, 5) is 27.0. The second kappa shape index (κ2) is 6.32. The van der Waals surface area contributed by atoms with Gasteiger partial charge in [0.1, 0.15) is 11.5 Å². The Hall–Kier alpha value is -2.53. The zero-order valence-corrected chi connectivity index (χ0v) is 15.2. The van der Waals surface area contributed by atoms with Gasteiger partial charge in [-0.25, -0.2) is 4.79 Å². The summed E-state index contributed by atoms with van der Waals surface area (Å²) in [6.45, 7) is 0. The number of carbonyl (C=O) groups excluding carboxylic acids is 2. The van der Waals surface area contributed by atoms with E-state index in [1.165, 1.54) is 4.90 Å². The van der Waals surface area contributed by atoms with E-state index in [9.17, 15) is 9.59 Å². The molecule has 0 saturated heterocycles. The van der Waals surface area contributed by atoms with Crippen molar-refractivity contribution < 1.29 is 19.1 Å². The Kier molecular flexibility index (Phi) is 4.11. The maximum Gasteiger partial charge on any atom is 0.415 e. The second-order valence-electron chi connectivity index (χ2n) is 6.64. The van der Waals surface area contributed by atoms with Gasteiger partial charge in [0.05, 0.1) is 13.2 Å². The van der Waals surface area contributed by atoms with Gasteiger partial charge >= 0.3 is 6.09 Å². The van der Waals surface area contributed by atoms with Crippen LogP contribution in [0.15, 0.2) is 36.4 Å². The first kappa shape index (κ1) is 16.9. The van der Waals surface area contributed by atoms with Gasteiger partial charge in [-0.3, -0.25) is 4.79 Å². The molecular weight excluding hydrogens is 354 g/mol. The molecule has 0 spiro atoms. The molecular formula is C20H18ClNO4. The van der Waals surface area contributed by atoms with Crippen LogP contribution in [-0.4, -0.2) is 30.9 Å². The first-order chi connectivity index (χ1) is 12.5. The minimum Gasteiger partial charge on any atom is -0.497 e. The number of ether oxygens (including phenoxy) is 2. The van der Waals surface area contributed by atoms with E-state index in [2.05, 4.69) is 0 Å². The molecule has 1 aliphatic heterocycles. The Morgan fingerprint density at radius 1 is 1.19 bits per heavy atom. The minimum absolute atomic E-state index is 0.0337. The summed E-state index contributed by atoms with van der Waals surface area (Å²) in [5.74, 6) is 0.902. The normalized spacial score (nSPS) is 21.7. The Morgan fingerprint density at radius 3 is 2.77 bits per heavy atom. The van der Waals surface area contributed by atoms with E-state index >= 15 is 0 Å². The van der Waals surface area contributed by atoms with Gasteiger partial charge in [0.25, 0.3) is 0 Å². The molecule has 0 radical (unpaired) electrons. The lowest BCUT2D eigenvalue weighted by Gasteiger charge is -2.39. The zero-order chi connectivity index (χ0) is 18.4. The third-order valence-electron chi connectivity index (χ3n) is 5.21. The van der Waals surface area contributed by atoms with E-state index < -0.39 is 12.1 Å². The van der Waals surface area contributed by atoms with Crippen molar-refractivity contribution in [2.75, 3.05) is 14.2 Å². The lowest BCUT2D eigenvalue weighted by molar-refractivity contribution is 0.0734. The number of rotatable bonds is 2. The van der Waals surface area contributed by atoms with Gasteiger partial charge in [-0.1, -0.05) is 11.6 Å². The van der Waals surface area contributed by atoms with Crippen LogP contribution in [0.3, 0.4) is 0 Å². The maximum absolute atomic E-state index is 13.2. The highest BCUT2D eigenvalue weighted by Gasteiger charge is 2.42. The number of ketones is 1. The quantitative estimate of drug-likeness (QED) is 0.790. The van der Waals surface area contributed by atoms with Crippen molar-refractivity contribution in [3.05, 3.63) is 58.1 Å². The van der Waals surface area contributed by atoms with Crippen molar-refractivity contribution in [3.63, 3.8) is 0 Å². The van der Waals surface area contributed by atoms with Crippen LogP contribution in [0.1, 0.15) is 33.9 Å². The predicted molar refractivity (Wildman–Crippen MR) is 97.1 cm³/mol. The Morgan fingerprint density at radius 2 is 2.00 bits per heavy atom. The molecule has 4 rings (SSSR count). The molecule has 26 heavy (non-hydrogen) atoms. The number of amides is 1. The number of fused-ring (bicyclic) bond motifs is 2. The lowest BCUT2D eigenvalue weighted by atomic mass is 9.76. The van der Waals surface area contributed by atoms with Gasteiger partial charge in [0.15, 0.2) is 5.78 Å². The molecule has 2 aromatic rings. The van der Waals surface area contributed by atoms with Crippen molar-refractivity contribution in [1.29, 1.82) is 0 Å². The topological polar surface area (TPSA) is 55.8 Å². The minimum atomic E-state index is -0.460. The monoisotopic (exact) mass is 371 g/mol. The van der Waals surface area contributed by atoms with Gasteiger partial charge in [-0.05, 0) is 54.8 Å². The number of benzene rings is 2. The Balaban J connectivity index is 1.76. The summed E-state index contributed by atoms with van der Waals surface area (Å²) in [6.07, 6.45) is 0.934. The van der Waals surface area contributed by atoms with Crippen LogP contribution in [0.4, 0.5) is 4.79 Å². The van der Waals surface area contributed by atoms with Crippen LogP contribution in [0.2, 0.25) is 5.02 Å². The third-order valence-corrected chi connectivity index (χ3v) is 5.45. The fourth-order valence-corrected chi connectivity index (χ4v) is 4.09. The van der Waals surface area contributed by atoms with Crippen LogP contribution in [0, 0.1) is 5.92 Å². The number of nitrogens with zero attached hydrogens (tertiary/aromatic N) is 1. The molecule has 6 heteroatoms. The summed E-state index contributed by atoms with van der Waals surface area (Å²) in [5, 5.41) is 0.550. The van der Waals surface area contributed by atoms with Gasteiger partial charge in [-0.2, -0.15) is 0 Å². The van der Waals surface area contributed by atoms with Crippen molar-refractivity contribution in [2.24, 2.45) is 5.92 Å². The highest BCUT2D eigenvalue weighted by Crippen LogP contribution is 2.44. The average molecular weight is 372 g/mol. The highest BCUT2D eigenvalue weighted by molar-refractivity contribution is 6.30. The number of hydrogen-bond acceptors (Lipinski definition) is 4. The van der Waals surface area contributed by atoms with E-state index in [0.717, 1.165) is 23.3 Å². The SMILES string of the molecule is COc1ccc2c(c1)CCC(C1c3cc(Cl)ccc3OC(=O)N1C)C2=O. The van der Waals surface area contributed by atoms with Crippen molar-refractivity contribution in [3.8, 4) is 11.5 Å². The number of carbonyl (C=O) groups is 2. The summed E-state index contributed by atoms with van der Waals surface area (Å²) >= 11 is 6.16. The molecule has 0 N–H and O–H groups in total. The van der Waals surface area contributed by atoms with Crippen molar-refractivity contribution in [1.82, 2.24) is 4.90 Å². The summed E-state index contributed by atoms with van der Waals surface area (Å²) in [6, 6.07) is 10.3. The average Bonchev–Trinajstić information content (AvgIpc) is 2.64. The van der Waals surface area contributed by atoms with E-state index in [1.807, 2.05) is 12.1 Å². The van der Waals surface area contributed by atoms with Crippen LogP contribution < -0.4 is 9.47 Å². The number of halogens is 1. The molecule has 0 bridgehead atoms. The van der Waals surface area contributed by atoms with Gasteiger partial charge < -0.3 is 14.4 Å². The molecule has 2 unspecified atom stereocenters. The molecule has 1 heterocycles. The van der Waals surface area contributed by atoms with E-state index in [-0.39, 0.29) is 11.7 Å². The molecule has 0 aromatic heterocycles. The first-order valence-corrected chi connectivity index (χ1v) is 8.82. The number of Topliss-reactive ketones (excluding diaryl/α,β-unsaturated/α-hetero) is 1. The Labute approximate surface area is 156 Å². The van der Waals surface area contributed by atoms with Crippen molar-refractivity contribution >= 4 is 23.5 Å². The maximum atomic E-state index is 13.2. The lowest BCUT2D eigenvalue weighted by Crippen LogP contribution is -2.44. The van der Waals surface area contributed by atoms with E-state index in [1.54, 1.807) is 38.4 Å². The summed E-state index contributed by atoms with van der Waals surface area (Å²) in [5.41, 5.74) is 2.45. The van der Waals surface area contributed by atoms with E-state index in [0.29, 0.717) is 22.8 Å². The van der Waals surface area contributed by atoms with E-state index in [4.69, 9.17) is 21.1 Å². The molecule has 0 fully saturated rings. The molecule has 5 nitrogen and oxygen atoms in total.